The molecule has 2 aromatic rings. The van der Waals surface area contributed by atoms with Gasteiger partial charge in [-0.3, -0.25) is 9.59 Å². The maximum atomic E-state index is 13.8. The van der Waals surface area contributed by atoms with Crippen molar-refractivity contribution in [3.63, 3.8) is 0 Å². The number of amides is 2. The van der Waals surface area contributed by atoms with Gasteiger partial charge in [-0.2, -0.15) is 18.3 Å². The van der Waals surface area contributed by atoms with E-state index in [1.807, 2.05) is 0 Å². The summed E-state index contributed by atoms with van der Waals surface area (Å²) in [6.45, 7) is 2.76. The van der Waals surface area contributed by atoms with Gasteiger partial charge in [-0.25, -0.2) is 4.52 Å². The van der Waals surface area contributed by atoms with Gasteiger partial charge in [0.05, 0.1) is 10.5 Å². The lowest BCUT2D eigenvalue weighted by atomic mass is 10.0. The van der Waals surface area contributed by atoms with E-state index in [0.29, 0.717) is 30.5 Å². The van der Waals surface area contributed by atoms with Gasteiger partial charge < -0.3 is 9.80 Å². The number of fused-ring (bicyclic) bond motifs is 2. The summed E-state index contributed by atoms with van der Waals surface area (Å²) in [5, 5.41) is 3.95. The SMILES string of the molecule is CCN(CCN(C=O)C1CC2CCCC2C1)C(=O)c1nn2c(C(F)(F)F)cc(C3CC3)cc2c1Cl. The van der Waals surface area contributed by atoms with E-state index in [4.69, 9.17) is 11.6 Å². The Balaban J connectivity index is 1.36. The van der Waals surface area contributed by atoms with Gasteiger partial charge in [-0.1, -0.05) is 30.9 Å². The summed E-state index contributed by atoms with van der Waals surface area (Å²) in [6, 6.07) is 2.91. The minimum Gasteiger partial charge on any atom is -0.340 e. The van der Waals surface area contributed by atoms with E-state index < -0.39 is 17.8 Å². The molecule has 0 aromatic carbocycles. The third-order valence-electron chi connectivity index (χ3n) is 8.11. The molecule has 0 bridgehead atoms. The lowest BCUT2D eigenvalue weighted by molar-refractivity contribution is -0.142. The molecule has 35 heavy (non-hydrogen) atoms. The van der Waals surface area contributed by atoms with Gasteiger partial charge in [0, 0.05) is 25.7 Å². The quantitative estimate of drug-likeness (QED) is 0.448. The Morgan fingerprint density at radius 2 is 1.86 bits per heavy atom. The molecule has 3 saturated carbocycles. The van der Waals surface area contributed by atoms with Crippen molar-refractivity contribution in [2.45, 2.75) is 70.0 Å². The molecule has 6 nitrogen and oxygen atoms in total. The van der Waals surface area contributed by atoms with E-state index in [9.17, 15) is 22.8 Å². The highest BCUT2D eigenvalue weighted by molar-refractivity contribution is 6.36. The number of rotatable bonds is 8. The van der Waals surface area contributed by atoms with E-state index in [0.717, 1.165) is 42.7 Å². The van der Waals surface area contributed by atoms with Crippen LogP contribution in [0, 0.1) is 11.8 Å². The summed E-state index contributed by atoms with van der Waals surface area (Å²) in [6.07, 6.45) is 3.62. The largest absolute Gasteiger partial charge is 0.433 e. The van der Waals surface area contributed by atoms with Crippen LogP contribution in [0.5, 0.6) is 0 Å². The first kappa shape index (κ1) is 24.4. The van der Waals surface area contributed by atoms with E-state index in [1.54, 1.807) is 17.9 Å². The Kier molecular flexibility index (Phi) is 6.48. The van der Waals surface area contributed by atoms with Crippen LogP contribution in [0.3, 0.4) is 0 Å². The number of halogens is 4. The highest BCUT2D eigenvalue weighted by Gasteiger charge is 2.40. The molecule has 3 aliphatic carbocycles. The number of pyridine rings is 1. The summed E-state index contributed by atoms with van der Waals surface area (Å²) < 4.78 is 42.1. The van der Waals surface area contributed by atoms with Crippen molar-refractivity contribution in [1.82, 2.24) is 19.4 Å². The maximum Gasteiger partial charge on any atom is 0.433 e. The lowest BCUT2D eigenvalue weighted by Gasteiger charge is -2.29. The minimum absolute atomic E-state index is 0.0719. The van der Waals surface area contributed by atoms with Crippen LogP contribution in [0.15, 0.2) is 12.1 Å². The van der Waals surface area contributed by atoms with Gasteiger partial charge in [-0.05, 0) is 68.1 Å². The van der Waals surface area contributed by atoms with Crippen LogP contribution in [0.25, 0.3) is 5.52 Å². The molecule has 3 aliphatic rings. The smallest absolute Gasteiger partial charge is 0.340 e. The third kappa shape index (κ3) is 4.63. The Morgan fingerprint density at radius 1 is 1.17 bits per heavy atom. The summed E-state index contributed by atoms with van der Waals surface area (Å²) >= 11 is 6.46. The number of carbonyl (C=O) groups excluding carboxylic acids is 2. The molecule has 2 heterocycles. The first-order valence-electron chi connectivity index (χ1n) is 12.5. The predicted octanol–water partition coefficient (Wildman–Crippen LogP) is 5.38. The number of aromatic nitrogens is 2. The number of carbonyl (C=O) groups is 2. The lowest BCUT2D eigenvalue weighted by Crippen LogP contribution is -2.42. The van der Waals surface area contributed by atoms with E-state index >= 15 is 0 Å². The molecule has 0 saturated heterocycles. The topological polar surface area (TPSA) is 57.9 Å². The van der Waals surface area contributed by atoms with Gasteiger partial charge in [0.1, 0.15) is 5.69 Å². The standard InChI is InChI=1S/C25H30ClF3N4O2/c1-2-31(8-9-32(14-34)19-10-16-4-3-5-17(16)11-19)24(35)23-22(26)20-12-18(15-6-7-15)13-21(25(27,28)29)33(20)30-23/h12-17,19H,2-11H2,1H3. The van der Waals surface area contributed by atoms with Gasteiger partial charge in [0.15, 0.2) is 5.69 Å². The van der Waals surface area contributed by atoms with Crippen LogP contribution in [-0.4, -0.2) is 57.4 Å². The molecule has 2 amide bonds. The Morgan fingerprint density at radius 3 is 2.43 bits per heavy atom. The normalized spacial score (nSPS) is 24.1. The molecule has 2 aromatic heterocycles. The fourth-order valence-corrected chi connectivity index (χ4v) is 6.29. The van der Waals surface area contributed by atoms with Crippen molar-refractivity contribution < 1.29 is 22.8 Å². The van der Waals surface area contributed by atoms with Gasteiger partial charge >= 0.3 is 6.18 Å². The number of hydrogen-bond acceptors (Lipinski definition) is 3. The van der Waals surface area contributed by atoms with Crippen molar-refractivity contribution >= 4 is 29.4 Å². The van der Waals surface area contributed by atoms with Gasteiger partial charge in [0.25, 0.3) is 5.91 Å². The van der Waals surface area contributed by atoms with Crippen molar-refractivity contribution in [1.29, 1.82) is 0 Å². The van der Waals surface area contributed by atoms with Crippen LogP contribution in [0.2, 0.25) is 5.02 Å². The Labute approximate surface area is 207 Å². The number of likely N-dealkylation sites (N-methyl/N-ethyl adjacent to an activating group) is 1. The van der Waals surface area contributed by atoms with E-state index in [2.05, 4.69) is 5.10 Å². The summed E-state index contributed by atoms with van der Waals surface area (Å²) in [4.78, 5) is 28.4. The first-order valence-corrected chi connectivity index (χ1v) is 12.9. The Bertz CT molecular complexity index is 1120. The molecular formula is C25H30ClF3N4O2. The van der Waals surface area contributed by atoms with E-state index in [-0.39, 0.29) is 34.7 Å². The first-order chi connectivity index (χ1) is 16.7. The van der Waals surface area contributed by atoms with Crippen molar-refractivity contribution in [2.75, 3.05) is 19.6 Å². The fourth-order valence-electron chi connectivity index (χ4n) is 6.04. The second-order valence-electron chi connectivity index (χ2n) is 10.2. The van der Waals surface area contributed by atoms with Crippen LogP contribution in [0.4, 0.5) is 13.2 Å². The molecule has 5 rings (SSSR count). The van der Waals surface area contributed by atoms with Crippen molar-refractivity contribution in [2.24, 2.45) is 11.8 Å². The summed E-state index contributed by atoms with van der Waals surface area (Å²) in [5.74, 6) is 0.928. The zero-order valence-electron chi connectivity index (χ0n) is 19.7. The van der Waals surface area contributed by atoms with Crippen LogP contribution < -0.4 is 0 Å². The highest BCUT2D eigenvalue weighted by Crippen LogP contribution is 2.45. The molecule has 0 aliphatic heterocycles. The van der Waals surface area contributed by atoms with Gasteiger partial charge in [-0.15, -0.1) is 0 Å². The van der Waals surface area contributed by atoms with Crippen LogP contribution >= 0.6 is 11.6 Å². The average molecular weight is 511 g/mol. The molecule has 0 N–H and O–H groups in total. The maximum absolute atomic E-state index is 13.8. The molecule has 3 fully saturated rings. The minimum atomic E-state index is -4.63. The molecule has 10 heteroatoms. The van der Waals surface area contributed by atoms with Crippen molar-refractivity contribution in [3.05, 3.63) is 34.1 Å². The Hall–Kier alpha value is -2.29. The zero-order chi connectivity index (χ0) is 24.9. The second-order valence-corrected chi connectivity index (χ2v) is 10.6. The average Bonchev–Trinajstić information content (AvgIpc) is 3.32. The molecule has 2 atom stereocenters. The summed E-state index contributed by atoms with van der Waals surface area (Å²) in [7, 11) is 0. The number of hydrogen-bond donors (Lipinski definition) is 0. The van der Waals surface area contributed by atoms with Gasteiger partial charge in [0.2, 0.25) is 6.41 Å². The van der Waals surface area contributed by atoms with Crippen LogP contribution in [-0.2, 0) is 11.0 Å². The van der Waals surface area contributed by atoms with Crippen molar-refractivity contribution in [3.8, 4) is 0 Å². The molecule has 0 spiro atoms. The monoisotopic (exact) mass is 510 g/mol. The third-order valence-corrected chi connectivity index (χ3v) is 8.48. The fraction of sp³-hybridized carbons (Fsp3) is 0.640. The zero-order valence-corrected chi connectivity index (χ0v) is 20.5. The molecule has 190 valence electrons. The molecule has 2 unspecified atom stereocenters. The number of alkyl halides is 3. The summed E-state index contributed by atoms with van der Waals surface area (Å²) in [5.41, 5.74) is -0.462. The molecular weight excluding hydrogens is 481 g/mol. The second kappa shape index (κ2) is 9.30. The molecule has 0 radical (unpaired) electrons. The predicted molar refractivity (Wildman–Crippen MR) is 125 cm³/mol. The van der Waals surface area contributed by atoms with E-state index in [1.165, 1.54) is 24.2 Å². The number of nitrogens with zero attached hydrogens (tertiary/aromatic N) is 4. The highest BCUT2D eigenvalue weighted by atomic mass is 35.5. The van der Waals surface area contributed by atoms with Crippen LogP contribution in [0.1, 0.15) is 79.5 Å².